The fourth-order valence-electron chi connectivity index (χ4n) is 4.98. The highest BCUT2D eigenvalue weighted by Gasteiger charge is 2.29. The van der Waals surface area contributed by atoms with Gasteiger partial charge in [-0.15, -0.1) is 0 Å². The van der Waals surface area contributed by atoms with Gasteiger partial charge in [-0.25, -0.2) is 0 Å². The van der Waals surface area contributed by atoms with E-state index in [0.717, 1.165) is 43.8 Å². The van der Waals surface area contributed by atoms with E-state index in [2.05, 4.69) is 13.0 Å². The van der Waals surface area contributed by atoms with Gasteiger partial charge in [0.05, 0.1) is 13.2 Å². The van der Waals surface area contributed by atoms with Crippen molar-refractivity contribution in [1.82, 2.24) is 0 Å². The molecule has 3 fully saturated rings. The fourth-order valence-corrected chi connectivity index (χ4v) is 4.98. The predicted octanol–water partition coefficient (Wildman–Crippen LogP) is 5.86. The zero-order valence-electron chi connectivity index (χ0n) is 15.1. The van der Waals surface area contributed by atoms with Gasteiger partial charge in [0.15, 0.2) is 6.29 Å². The summed E-state index contributed by atoms with van der Waals surface area (Å²) in [6.07, 6.45) is 18.9. The molecule has 0 unspecified atom stereocenters. The van der Waals surface area contributed by atoms with E-state index in [0.29, 0.717) is 0 Å². The summed E-state index contributed by atoms with van der Waals surface area (Å²) in [5, 5.41) is 0. The largest absolute Gasteiger partial charge is 0.352 e. The van der Waals surface area contributed by atoms with E-state index in [1.165, 1.54) is 64.2 Å². The molecule has 3 aliphatic rings. The van der Waals surface area contributed by atoms with E-state index in [9.17, 15) is 0 Å². The first-order valence-corrected chi connectivity index (χ1v) is 10.3. The number of allylic oxidation sites excluding steroid dienone is 1. The molecule has 2 heteroatoms. The molecule has 3 rings (SSSR count). The minimum Gasteiger partial charge on any atom is -0.352 e. The summed E-state index contributed by atoms with van der Waals surface area (Å²) in [6.45, 7) is 4.08. The second-order valence-electron chi connectivity index (χ2n) is 8.03. The maximum absolute atomic E-state index is 5.65. The molecule has 0 spiro atoms. The van der Waals surface area contributed by atoms with Crippen LogP contribution >= 0.6 is 0 Å². The third-order valence-electron chi connectivity index (χ3n) is 6.42. The van der Waals surface area contributed by atoms with Crippen molar-refractivity contribution in [2.24, 2.45) is 17.8 Å². The average molecular weight is 321 g/mol. The lowest BCUT2D eigenvalue weighted by atomic mass is 9.69. The maximum Gasteiger partial charge on any atom is 0.160 e. The molecule has 0 aromatic carbocycles. The van der Waals surface area contributed by atoms with Gasteiger partial charge in [-0.1, -0.05) is 44.3 Å². The molecular weight excluding hydrogens is 284 g/mol. The molecule has 0 aromatic rings. The van der Waals surface area contributed by atoms with Gasteiger partial charge in [-0.05, 0) is 62.7 Å². The lowest BCUT2D eigenvalue weighted by Crippen LogP contribution is -2.25. The van der Waals surface area contributed by atoms with Crippen LogP contribution in [0.1, 0.15) is 84.0 Å². The van der Waals surface area contributed by atoms with Crippen LogP contribution in [-0.4, -0.2) is 19.5 Å². The lowest BCUT2D eigenvalue weighted by molar-refractivity contribution is -0.175. The molecule has 23 heavy (non-hydrogen) atoms. The van der Waals surface area contributed by atoms with E-state index in [-0.39, 0.29) is 6.29 Å². The molecule has 0 atom stereocenters. The Morgan fingerprint density at radius 2 is 1.57 bits per heavy atom. The van der Waals surface area contributed by atoms with Gasteiger partial charge in [0.25, 0.3) is 0 Å². The molecule has 0 amide bonds. The Labute approximate surface area is 143 Å². The fraction of sp³-hybridized carbons (Fsp3) is 0.905. The Balaban J connectivity index is 1.36. The molecule has 1 aliphatic heterocycles. The van der Waals surface area contributed by atoms with Gasteiger partial charge in [0.1, 0.15) is 0 Å². The van der Waals surface area contributed by atoms with Crippen LogP contribution in [0.4, 0.5) is 0 Å². The van der Waals surface area contributed by atoms with E-state index < -0.39 is 0 Å². The third-order valence-corrected chi connectivity index (χ3v) is 6.42. The third kappa shape index (κ3) is 5.32. The van der Waals surface area contributed by atoms with Crippen molar-refractivity contribution in [2.75, 3.05) is 13.2 Å². The number of hydrogen-bond acceptors (Lipinski definition) is 2. The molecule has 2 saturated carbocycles. The van der Waals surface area contributed by atoms with E-state index >= 15 is 0 Å². The van der Waals surface area contributed by atoms with Crippen LogP contribution in [0.5, 0.6) is 0 Å². The summed E-state index contributed by atoms with van der Waals surface area (Å²) < 4.78 is 11.3. The monoisotopic (exact) mass is 320 g/mol. The van der Waals surface area contributed by atoms with Crippen LogP contribution in [0.15, 0.2) is 11.6 Å². The van der Waals surface area contributed by atoms with Crippen LogP contribution in [0.25, 0.3) is 0 Å². The zero-order valence-corrected chi connectivity index (χ0v) is 15.1. The Morgan fingerprint density at radius 1 is 0.913 bits per heavy atom. The van der Waals surface area contributed by atoms with Gasteiger partial charge in [-0.2, -0.15) is 0 Å². The van der Waals surface area contributed by atoms with E-state index in [1.807, 2.05) is 0 Å². The molecule has 2 nitrogen and oxygen atoms in total. The van der Waals surface area contributed by atoms with Gasteiger partial charge >= 0.3 is 0 Å². The van der Waals surface area contributed by atoms with Crippen LogP contribution in [0, 0.1) is 17.8 Å². The summed E-state index contributed by atoms with van der Waals surface area (Å²) in [5.74, 6) is 3.09. The Hall–Kier alpha value is -0.340. The van der Waals surface area contributed by atoms with Crippen molar-refractivity contribution in [1.29, 1.82) is 0 Å². The molecule has 1 heterocycles. The highest BCUT2D eigenvalue weighted by Crippen LogP contribution is 2.42. The van der Waals surface area contributed by atoms with Crippen LogP contribution in [0.2, 0.25) is 0 Å². The molecule has 132 valence electrons. The van der Waals surface area contributed by atoms with Crippen molar-refractivity contribution in [3.63, 3.8) is 0 Å². The summed E-state index contributed by atoms with van der Waals surface area (Å²) in [7, 11) is 0. The average Bonchev–Trinajstić information content (AvgIpc) is 2.62. The number of rotatable bonds is 5. The van der Waals surface area contributed by atoms with Crippen LogP contribution in [0.3, 0.4) is 0 Å². The van der Waals surface area contributed by atoms with E-state index in [1.54, 1.807) is 5.57 Å². The molecular formula is C21H36O2. The molecule has 0 bridgehead atoms. The summed E-state index contributed by atoms with van der Waals surface area (Å²) in [5.41, 5.74) is 1.67. The Bertz CT molecular complexity index is 352. The second-order valence-corrected chi connectivity index (χ2v) is 8.03. The maximum atomic E-state index is 5.65. The minimum atomic E-state index is 0.0304. The predicted molar refractivity (Wildman–Crippen MR) is 95.3 cm³/mol. The minimum absolute atomic E-state index is 0.0304. The highest BCUT2D eigenvalue weighted by atomic mass is 16.7. The van der Waals surface area contributed by atoms with Gasteiger partial charge < -0.3 is 9.47 Å². The van der Waals surface area contributed by atoms with Gasteiger partial charge in [0.2, 0.25) is 0 Å². The summed E-state index contributed by atoms with van der Waals surface area (Å²) in [4.78, 5) is 0. The molecule has 1 saturated heterocycles. The molecule has 0 aromatic heterocycles. The Kier molecular flexibility index (Phi) is 7.01. The molecule has 0 radical (unpaired) electrons. The van der Waals surface area contributed by atoms with Crippen molar-refractivity contribution in [3.05, 3.63) is 11.6 Å². The number of ether oxygens (including phenoxy) is 2. The SMILES string of the molecule is CCCC1CCC(C2CCC(=CCC3OCCCO3)CC2)CC1. The first-order chi connectivity index (χ1) is 11.3. The molecule has 0 N–H and O–H groups in total. The van der Waals surface area contributed by atoms with Crippen LogP contribution < -0.4 is 0 Å². The topological polar surface area (TPSA) is 18.5 Å². The smallest absolute Gasteiger partial charge is 0.160 e. The van der Waals surface area contributed by atoms with Gasteiger partial charge in [-0.3, -0.25) is 0 Å². The van der Waals surface area contributed by atoms with Crippen molar-refractivity contribution < 1.29 is 9.47 Å². The second kappa shape index (κ2) is 9.22. The summed E-state index contributed by atoms with van der Waals surface area (Å²) in [6, 6.07) is 0. The zero-order chi connectivity index (χ0) is 15.9. The number of hydrogen-bond donors (Lipinski definition) is 0. The first-order valence-electron chi connectivity index (χ1n) is 10.3. The van der Waals surface area contributed by atoms with Crippen molar-refractivity contribution >= 4 is 0 Å². The van der Waals surface area contributed by atoms with Gasteiger partial charge in [0, 0.05) is 6.42 Å². The first kappa shape index (κ1) is 17.5. The van der Waals surface area contributed by atoms with E-state index in [4.69, 9.17) is 9.47 Å². The van der Waals surface area contributed by atoms with Crippen LogP contribution in [-0.2, 0) is 9.47 Å². The lowest BCUT2D eigenvalue weighted by Gasteiger charge is -2.36. The highest BCUT2D eigenvalue weighted by molar-refractivity contribution is 5.06. The molecule has 2 aliphatic carbocycles. The van der Waals surface area contributed by atoms with Crippen molar-refractivity contribution in [2.45, 2.75) is 90.3 Å². The normalized spacial score (nSPS) is 33.6. The van der Waals surface area contributed by atoms with Crippen molar-refractivity contribution in [3.8, 4) is 0 Å². The standard InChI is InChI=1S/C21H36O2/c1-2-4-17-5-10-19(11-6-17)20-12-7-18(8-13-20)9-14-21-22-15-3-16-23-21/h9,17,19-21H,2-8,10-16H2,1H3. The summed E-state index contributed by atoms with van der Waals surface area (Å²) >= 11 is 0. The Morgan fingerprint density at radius 3 is 2.22 bits per heavy atom. The quantitative estimate of drug-likeness (QED) is 0.590.